The van der Waals surface area contributed by atoms with Gasteiger partial charge in [-0.05, 0) is 31.2 Å². The van der Waals surface area contributed by atoms with Gasteiger partial charge in [-0.15, -0.1) is 0 Å². The number of pyridine rings is 1. The van der Waals surface area contributed by atoms with Crippen molar-refractivity contribution in [3.63, 3.8) is 0 Å². The second-order valence-electron chi connectivity index (χ2n) is 5.39. The average molecular weight is 302 g/mol. The molecule has 3 heteroatoms. The molecule has 23 heavy (non-hydrogen) atoms. The number of carbonyl (C=O) groups is 1. The number of benzene rings is 2. The van der Waals surface area contributed by atoms with Crippen LogP contribution in [0.2, 0.25) is 0 Å². The molecule has 2 aromatic carbocycles. The van der Waals surface area contributed by atoms with Gasteiger partial charge in [0.25, 0.3) is 0 Å². The van der Waals surface area contributed by atoms with Crippen molar-refractivity contribution in [1.82, 2.24) is 4.98 Å². The molecule has 0 amide bonds. The van der Waals surface area contributed by atoms with Gasteiger partial charge in [0, 0.05) is 23.9 Å². The van der Waals surface area contributed by atoms with E-state index in [0.717, 1.165) is 17.2 Å². The van der Waals surface area contributed by atoms with Crippen LogP contribution in [0, 0.1) is 6.92 Å². The molecule has 3 aromatic rings. The van der Waals surface area contributed by atoms with Crippen LogP contribution in [0.3, 0.4) is 0 Å². The van der Waals surface area contributed by atoms with Crippen LogP contribution in [0.1, 0.15) is 21.6 Å². The van der Waals surface area contributed by atoms with E-state index in [1.807, 2.05) is 91.7 Å². The van der Waals surface area contributed by atoms with E-state index in [1.165, 1.54) is 0 Å². The third-order valence-corrected chi connectivity index (χ3v) is 3.84. The summed E-state index contributed by atoms with van der Waals surface area (Å²) in [6.45, 7) is 1.87. The molecule has 0 N–H and O–H groups in total. The summed E-state index contributed by atoms with van der Waals surface area (Å²) in [6.07, 6.45) is 0. The maximum absolute atomic E-state index is 12.6. The topological polar surface area (TPSA) is 33.2 Å². The van der Waals surface area contributed by atoms with Gasteiger partial charge in [-0.3, -0.25) is 4.79 Å². The first-order valence-electron chi connectivity index (χ1n) is 7.53. The molecular weight excluding hydrogens is 284 g/mol. The largest absolute Gasteiger partial charge is 0.329 e. The van der Waals surface area contributed by atoms with E-state index in [1.54, 1.807) is 0 Å². The predicted molar refractivity (Wildman–Crippen MR) is 93.4 cm³/mol. The number of rotatable bonds is 4. The Bertz CT molecular complexity index is 814. The highest BCUT2D eigenvalue weighted by atomic mass is 16.1. The van der Waals surface area contributed by atoms with Crippen LogP contribution in [-0.2, 0) is 0 Å². The number of para-hydroxylation sites is 1. The van der Waals surface area contributed by atoms with Gasteiger partial charge in [0.2, 0.25) is 0 Å². The number of carbonyl (C=O) groups excluding carboxylic acids is 1. The van der Waals surface area contributed by atoms with Crippen LogP contribution in [0.4, 0.5) is 11.5 Å². The fourth-order valence-electron chi connectivity index (χ4n) is 2.50. The van der Waals surface area contributed by atoms with Crippen LogP contribution in [0.15, 0.2) is 72.8 Å². The molecule has 1 heterocycles. The number of aromatic nitrogens is 1. The first-order chi connectivity index (χ1) is 11.2. The highest BCUT2D eigenvalue weighted by molar-refractivity contribution is 6.09. The fourth-order valence-corrected chi connectivity index (χ4v) is 2.50. The molecule has 3 nitrogen and oxygen atoms in total. The Morgan fingerprint density at radius 1 is 0.870 bits per heavy atom. The molecular formula is C20H18N2O. The first-order valence-corrected chi connectivity index (χ1v) is 7.53. The minimum absolute atomic E-state index is 0.00418. The molecule has 0 saturated carbocycles. The average Bonchev–Trinajstić information content (AvgIpc) is 2.62. The van der Waals surface area contributed by atoms with E-state index >= 15 is 0 Å². The van der Waals surface area contributed by atoms with Crippen LogP contribution in [0.5, 0.6) is 0 Å². The SMILES string of the molecule is Cc1nc(N(C)c2ccccc2)ccc1C(=O)c1ccccc1. The Hall–Kier alpha value is -2.94. The third-order valence-electron chi connectivity index (χ3n) is 3.84. The van der Waals surface area contributed by atoms with Gasteiger partial charge in [-0.1, -0.05) is 48.5 Å². The van der Waals surface area contributed by atoms with Crippen LogP contribution >= 0.6 is 0 Å². The highest BCUT2D eigenvalue weighted by Crippen LogP contribution is 2.23. The molecule has 0 aliphatic rings. The molecule has 0 radical (unpaired) electrons. The predicted octanol–water partition coefficient (Wildman–Crippen LogP) is 4.39. The summed E-state index contributed by atoms with van der Waals surface area (Å²) >= 11 is 0. The van der Waals surface area contributed by atoms with E-state index in [2.05, 4.69) is 4.98 Å². The van der Waals surface area contributed by atoms with Crippen LogP contribution < -0.4 is 4.90 Å². The fraction of sp³-hybridized carbons (Fsp3) is 0.100. The highest BCUT2D eigenvalue weighted by Gasteiger charge is 2.14. The van der Waals surface area contributed by atoms with Crippen molar-refractivity contribution in [2.45, 2.75) is 6.92 Å². The summed E-state index contributed by atoms with van der Waals surface area (Å²) in [7, 11) is 1.97. The minimum atomic E-state index is 0.00418. The van der Waals surface area contributed by atoms with E-state index in [9.17, 15) is 4.79 Å². The van der Waals surface area contributed by atoms with Gasteiger partial charge in [0.05, 0.1) is 5.69 Å². The Morgan fingerprint density at radius 3 is 2.09 bits per heavy atom. The lowest BCUT2D eigenvalue weighted by atomic mass is 10.0. The van der Waals surface area contributed by atoms with E-state index in [4.69, 9.17) is 0 Å². The van der Waals surface area contributed by atoms with Gasteiger partial charge in [-0.2, -0.15) is 0 Å². The van der Waals surface area contributed by atoms with Crippen molar-refractivity contribution in [3.05, 3.63) is 89.6 Å². The number of ketones is 1. The lowest BCUT2D eigenvalue weighted by Crippen LogP contribution is -2.13. The molecule has 0 aliphatic carbocycles. The molecule has 0 atom stereocenters. The van der Waals surface area contributed by atoms with Gasteiger partial charge in [0.1, 0.15) is 5.82 Å². The van der Waals surface area contributed by atoms with Crippen molar-refractivity contribution in [1.29, 1.82) is 0 Å². The standard InChI is InChI=1S/C20H18N2O/c1-15-18(20(23)16-9-5-3-6-10-16)13-14-19(21-15)22(2)17-11-7-4-8-12-17/h3-14H,1-2H3. The second kappa shape index (κ2) is 6.44. The summed E-state index contributed by atoms with van der Waals surface area (Å²) in [5, 5.41) is 0. The lowest BCUT2D eigenvalue weighted by molar-refractivity contribution is 0.103. The molecule has 0 fully saturated rings. The zero-order chi connectivity index (χ0) is 16.2. The normalized spacial score (nSPS) is 10.3. The van der Waals surface area contributed by atoms with Crippen molar-refractivity contribution in [2.75, 3.05) is 11.9 Å². The van der Waals surface area contributed by atoms with Gasteiger partial charge >= 0.3 is 0 Å². The van der Waals surface area contributed by atoms with Crippen molar-refractivity contribution in [3.8, 4) is 0 Å². The Kier molecular flexibility index (Phi) is 4.20. The molecule has 0 bridgehead atoms. The van der Waals surface area contributed by atoms with Gasteiger partial charge in [-0.25, -0.2) is 4.98 Å². The van der Waals surface area contributed by atoms with E-state index < -0.39 is 0 Å². The summed E-state index contributed by atoms with van der Waals surface area (Å²) in [6, 6.07) is 23.1. The number of aryl methyl sites for hydroxylation is 1. The summed E-state index contributed by atoms with van der Waals surface area (Å²) in [4.78, 5) is 19.2. The van der Waals surface area contributed by atoms with Gasteiger partial charge in [0.15, 0.2) is 5.78 Å². The first kappa shape index (κ1) is 15.0. The molecule has 3 rings (SSSR count). The maximum Gasteiger partial charge on any atom is 0.194 e. The quantitative estimate of drug-likeness (QED) is 0.670. The molecule has 0 spiro atoms. The van der Waals surface area contributed by atoms with Crippen LogP contribution in [0.25, 0.3) is 0 Å². The monoisotopic (exact) mass is 302 g/mol. The van der Waals surface area contributed by atoms with E-state index in [0.29, 0.717) is 11.1 Å². The number of hydrogen-bond acceptors (Lipinski definition) is 3. The Labute approximate surface area is 136 Å². The summed E-state index contributed by atoms with van der Waals surface area (Å²) < 4.78 is 0. The number of hydrogen-bond donors (Lipinski definition) is 0. The molecule has 114 valence electrons. The van der Waals surface area contributed by atoms with Gasteiger partial charge < -0.3 is 4.90 Å². The molecule has 0 saturated heterocycles. The van der Waals surface area contributed by atoms with Crippen LogP contribution in [-0.4, -0.2) is 17.8 Å². The lowest BCUT2D eigenvalue weighted by Gasteiger charge is -2.19. The molecule has 1 aromatic heterocycles. The van der Waals surface area contributed by atoms with Crippen molar-refractivity contribution < 1.29 is 4.79 Å². The Morgan fingerprint density at radius 2 is 1.48 bits per heavy atom. The summed E-state index contributed by atoms with van der Waals surface area (Å²) in [5.41, 5.74) is 3.11. The molecule has 0 unspecified atom stereocenters. The summed E-state index contributed by atoms with van der Waals surface area (Å²) in [5.74, 6) is 0.822. The zero-order valence-electron chi connectivity index (χ0n) is 13.2. The third kappa shape index (κ3) is 3.14. The second-order valence-corrected chi connectivity index (χ2v) is 5.39. The maximum atomic E-state index is 12.6. The van der Waals surface area contributed by atoms with Crippen molar-refractivity contribution >= 4 is 17.3 Å². The molecule has 0 aliphatic heterocycles. The Balaban J connectivity index is 1.91. The minimum Gasteiger partial charge on any atom is -0.329 e. The number of anilines is 2. The van der Waals surface area contributed by atoms with Crippen molar-refractivity contribution in [2.24, 2.45) is 0 Å². The number of nitrogens with zero attached hydrogens (tertiary/aromatic N) is 2. The zero-order valence-corrected chi connectivity index (χ0v) is 13.2. The van der Waals surface area contributed by atoms with E-state index in [-0.39, 0.29) is 5.78 Å². The smallest absolute Gasteiger partial charge is 0.194 e.